The van der Waals surface area contributed by atoms with Crippen LogP contribution < -0.4 is 0 Å². The number of carbonyl (C=O) groups excluding carboxylic acids is 1. The first-order valence-corrected chi connectivity index (χ1v) is 4.51. The van der Waals surface area contributed by atoms with Crippen molar-refractivity contribution < 1.29 is 4.79 Å². The molecule has 0 saturated heterocycles. The Labute approximate surface area is 79.1 Å². The summed E-state index contributed by atoms with van der Waals surface area (Å²) in [6.45, 7) is 4.21. The van der Waals surface area contributed by atoms with Crippen molar-refractivity contribution >= 4 is 5.94 Å². The van der Waals surface area contributed by atoms with Crippen molar-refractivity contribution in [2.75, 3.05) is 0 Å². The van der Waals surface area contributed by atoms with Gasteiger partial charge in [0, 0.05) is 12.0 Å². The Morgan fingerprint density at radius 2 is 1.85 bits per heavy atom. The van der Waals surface area contributed by atoms with Crippen LogP contribution in [0, 0.1) is 5.92 Å². The van der Waals surface area contributed by atoms with Crippen LogP contribution in [0.25, 0.3) is 0 Å². The van der Waals surface area contributed by atoms with E-state index in [1.54, 1.807) is 6.08 Å². The Bertz CT molecular complexity index is 294. The fourth-order valence-electron chi connectivity index (χ4n) is 1.42. The third kappa shape index (κ3) is 2.57. The van der Waals surface area contributed by atoms with Crippen molar-refractivity contribution in [2.45, 2.75) is 19.8 Å². The maximum atomic E-state index is 10.3. The number of benzene rings is 1. The normalized spacial score (nSPS) is 12.2. The van der Waals surface area contributed by atoms with Crippen molar-refractivity contribution in [3.8, 4) is 0 Å². The lowest BCUT2D eigenvalue weighted by Crippen LogP contribution is -2.03. The third-order valence-electron chi connectivity index (χ3n) is 2.15. The summed E-state index contributed by atoms with van der Waals surface area (Å²) in [4.78, 5) is 10.3. The van der Waals surface area contributed by atoms with Crippen molar-refractivity contribution in [1.82, 2.24) is 0 Å². The molecule has 1 nitrogen and oxygen atoms in total. The molecular weight excluding hydrogens is 160 g/mol. The van der Waals surface area contributed by atoms with Gasteiger partial charge in [-0.25, -0.2) is 4.79 Å². The summed E-state index contributed by atoms with van der Waals surface area (Å²) in [6, 6.07) is 10.0. The average molecular weight is 174 g/mol. The Morgan fingerprint density at radius 3 is 2.31 bits per heavy atom. The van der Waals surface area contributed by atoms with E-state index in [4.69, 9.17) is 0 Å². The molecule has 0 amide bonds. The van der Waals surface area contributed by atoms with Crippen LogP contribution in [0.3, 0.4) is 0 Å². The SMILES string of the molecule is CC(C)C(C=C=O)c1ccccc1. The Balaban J connectivity index is 2.95. The second-order valence-corrected chi connectivity index (χ2v) is 3.47. The number of allylic oxidation sites excluding steroid dienone is 1. The van der Waals surface area contributed by atoms with Crippen LogP contribution in [0.4, 0.5) is 0 Å². The molecule has 1 rings (SSSR count). The molecule has 0 N–H and O–H groups in total. The smallest absolute Gasteiger partial charge is 0.120 e. The van der Waals surface area contributed by atoms with Gasteiger partial charge in [0.15, 0.2) is 0 Å². The fraction of sp³-hybridized carbons (Fsp3) is 0.333. The number of hydrogen-bond acceptors (Lipinski definition) is 1. The van der Waals surface area contributed by atoms with E-state index in [2.05, 4.69) is 13.8 Å². The van der Waals surface area contributed by atoms with Crippen LogP contribution in [0.1, 0.15) is 25.3 Å². The van der Waals surface area contributed by atoms with E-state index in [0.717, 1.165) is 0 Å². The van der Waals surface area contributed by atoms with Gasteiger partial charge in [-0.15, -0.1) is 0 Å². The summed E-state index contributed by atoms with van der Waals surface area (Å²) in [7, 11) is 0. The maximum absolute atomic E-state index is 10.3. The molecule has 0 aliphatic rings. The van der Waals surface area contributed by atoms with E-state index in [0.29, 0.717) is 5.92 Å². The van der Waals surface area contributed by atoms with Crippen LogP contribution in [0.5, 0.6) is 0 Å². The van der Waals surface area contributed by atoms with E-state index in [9.17, 15) is 4.79 Å². The highest BCUT2D eigenvalue weighted by Crippen LogP contribution is 2.24. The zero-order chi connectivity index (χ0) is 9.68. The zero-order valence-electron chi connectivity index (χ0n) is 8.03. The second-order valence-electron chi connectivity index (χ2n) is 3.47. The summed E-state index contributed by atoms with van der Waals surface area (Å²) in [5.41, 5.74) is 1.18. The Kier molecular flexibility index (Phi) is 3.48. The molecule has 0 bridgehead atoms. The van der Waals surface area contributed by atoms with Gasteiger partial charge in [0.1, 0.15) is 5.94 Å². The first kappa shape index (κ1) is 9.76. The van der Waals surface area contributed by atoms with Gasteiger partial charge in [-0.05, 0) is 11.5 Å². The van der Waals surface area contributed by atoms with E-state index in [1.807, 2.05) is 36.3 Å². The van der Waals surface area contributed by atoms with E-state index in [1.165, 1.54) is 5.56 Å². The van der Waals surface area contributed by atoms with Crippen molar-refractivity contribution in [2.24, 2.45) is 5.92 Å². The predicted molar refractivity (Wildman–Crippen MR) is 54.3 cm³/mol. The molecule has 13 heavy (non-hydrogen) atoms. The molecule has 1 heteroatoms. The standard InChI is InChI=1S/C12H14O/c1-10(2)12(8-9-13)11-6-4-3-5-7-11/h3-8,10,12H,1-2H3. The predicted octanol–water partition coefficient (Wildman–Crippen LogP) is 2.81. The molecular formula is C12H14O. The number of rotatable bonds is 3. The molecule has 1 aromatic carbocycles. The molecule has 0 aromatic heterocycles. The topological polar surface area (TPSA) is 17.1 Å². The van der Waals surface area contributed by atoms with Gasteiger partial charge < -0.3 is 0 Å². The minimum absolute atomic E-state index is 0.193. The van der Waals surface area contributed by atoms with Gasteiger partial charge in [0.05, 0.1) is 0 Å². The maximum Gasteiger partial charge on any atom is 0.120 e. The molecule has 0 spiro atoms. The first-order valence-electron chi connectivity index (χ1n) is 4.51. The molecule has 0 saturated carbocycles. The summed E-state index contributed by atoms with van der Waals surface area (Å²) >= 11 is 0. The second kappa shape index (κ2) is 4.64. The van der Waals surface area contributed by atoms with Gasteiger partial charge in [-0.3, -0.25) is 0 Å². The van der Waals surface area contributed by atoms with Crippen molar-refractivity contribution in [3.63, 3.8) is 0 Å². The quantitative estimate of drug-likeness (QED) is 0.644. The van der Waals surface area contributed by atoms with Crippen LogP contribution in [-0.4, -0.2) is 5.94 Å². The zero-order valence-corrected chi connectivity index (χ0v) is 8.03. The lowest BCUT2D eigenvalue weighted by atomic mass is 9.89. The summed E-state index contributed by atoms with van der Waals surface area (Å²) in [6.07, 6.45) is 1.60. The van der Waals surface area contributed by atoms with E-state index >= 15 is 0 Å². The average Bonchev–Trinajstić information content (AvgIpc) is 2.15. The third-order valence-corrected chi connectivity index (χ3v) is 2.15. The van der Waals surface area contributed by atoms with Gasteiger partial charge in [0.2, 0.25) is 0 Å². The van der Waals surface area contributed by atoms with Crippen molar-refractivity contribution in [3.05, 3.63) is 42.0 Å². The minimum Gasteiger partial charge on any atom is -0.234 e. The minimum atomic E-state index is 0.193. The molecule has 1 aromatic rings. The molecule has 1 atom stereocenters. The molecule has 68 valence electrons. The lowest BCUT2D eigenvalue weighted by Gasteiger charge is -2.15. The van der Waals surface area contributed by atoms with Gasteiger partial charge in [-0.1, -0.05) is 44.2 Å². The number of hydrogen-bond donors (Lipinski definition) is 0. The monoisotopic (exact) mass is 174 g/mol. The molecule has 1 unspecified atom stereocenters. The van der Waals surface area contributed by atoms with Gasteiger partial charge >= 0.3 is 0 Å². The first-order chi connectivity index (χ1) is 6.25. The summed E-state index contributed by atoms with van der Waals surface area (Å²) in [5, 5.41) is 0. The van der Waals surface area contributed by atoms with Crippen molar-refractivity contribution in [1.29, 1.82) is 0 Å². The molecule has 0 aliphatic carbocycles. The van der Waals surface area contributed by atoms with Crippen LogP contribution in [-0.2, 0) is 4.79 Å². The fourth-order valence-corrected chi connectivity index (χ4v) is 1.42. The highest BCUT2D eigenvalue weighted by molar-refractivity contribution is 5.48. The summed E-state index contributed by atoms with van der Waals surface area (Å²) < 4.78 is 0. The highest BCUT2D eigenvalue weighted by atomic mass is 16.1. The summed E-state index contributed by atoms with van der Waals surface area (Å²) in [5.74, 6) is 2.50. The molecule has 0 aliphatic heterocycles. The van der Waals surface area contributed by atoms with Crippen LogP contribution in [0.2, 0.25) is 0 Å². The van der Waals surface area contributed by atoms with E-state index in [-0.39, 0.29) is 5.92 Å². The Hall–Kier alpha value is -1.33. The largest absolute Gasteiger partial charge is 0.234 e. The Morgan fingerprint density at radius 1 is 1.23 bits per heavy atom. The molecule has 0 heterocycles. The molecule has 0 radical (unpaired) electrons. The lowest BCUT2D eigenvalue weighted by molar-refractivity contribution is 0.554. The van der Waals surface area contributed by atoms with Gasteiger partial charge in [0.25, 0.3) is 0 Å². The highest BCUT2D eigenvalue weighted by Gasteiger charge is 2.11. The van der Waals surface area contributed by atoms with Crippen LogP contribution >= 0.6 is 0 Å². The molecule has 0 fully saturated rings. The van der Waals surface area contributed by atoms with Gasteiger partial charge in [-0.2, -0.15) is 0 Å². The van der Waals surface area contributed by atoms with E-state index < -0.39 is 0 Å². The van der Waals surface area contributed by atoms with Crippen LogP contribution in [0.15, 0.2) is 36.4 Å².